The van der Waals surface area contributed by atoms with E-state index in [1.165, 1.54) is 6.42 Å². The summed E-state index contributed by atoms with van der Waals surface area (Å²) in [4.78, 5) is 15.9. The van der Waals surface area contributed by atoms with Gasteiger partial charge in [0.2, 0.25) is 5.91 Å². The fourth-order valence-electron chi connectivity index (χ4n) is 1.89. The highest BCUT2D eigenvalue weighted by Crippen LogP contribution is 2.08. The molecule has 4 heteroatoms. The number of carbonyl (C=O) groups is 1. The number of piperazine rings is 1. The number of amides is 1. The van der Waals surface area contributed by atoms with E-state index in [4.69, 9.17) is 4.74 Å². The maximum atomic E-state index is 11.5. The monoisotopic (exact) mass is 214 g/mol. The van der Waals surface area contributed by atoms with Crippen molar-refractivity contribution < 1.29 is 9.53 Å². The molecule has 4 nitrogen and oxygen atoms in total. The zero-order valence-electron chi connectivity index (χ0n) is 10.0. The van der Waals surface area contributed by atoms with Crippen LogP contribution in [0.1, 0.15) is 20.3 Å². The van der Waals surface area contributed by atoms with E-state index < -0.39 is 0 Å². The molecule has 0 aromatic carbocycles. The molecule has 88 valence electrons. The van der Waals surface area contributed by atoms with Gasteiger partial charge in [0.1, 0.15) is 6.61 Å². The van der Waals surface area contributed by atoms with Crippen LogP contribution in [0.15, 0.2) is 0 Å². The normalized spacial score (nSPS) is 20.3. The summed E-state index contributed by atoms with van der Waals surface area (Å²) in [7, 11) is 1.56. The van der Waals surface area contributed by atoms with Gasteiger partial charge in [-0.15, -0.1) is 0 Å². The summed E-state index contributed by atoms with van der Waals surface area (Å²) in [5.74, 6) is 0.112. The number of rotatable bonds is 4. The predicted octanol–water partition coefficient (Wildman–Crippen LogP) is 0.575. The molecule has 0 bridgehead atoms. The third kappa shape index (κ3) is 3.47. The maximum Gasteiger partial charge on any atom is 0.248 e. The van der Waals surface area contributed by atoms with E-state index in [-0.39, 0.29) is 12.5 Å². The molecule has 1 unspecified atom stereocenters. The molecule has 15 heavy (non-hydrogen) atoms. The number of methoxy groups -OCH3 is 1. The predicted molar refractivity (Wildman–Crippen MR) is 59.8 cm³/mol. The van der Waals surface area contributed by atoms with Crippen LogP contribution in [-0.2, 0) is 9.53 Å². The molecule has 0 aliphatic carbocycles. The highest BCUT2D eigenvalue weighted by Gasteiger charge is 2.22. The van der Waals surface area contributed by atoms with Crippen molar-refractivity contribution in [2.75, 3.05) is 39.9 Å². The van der Waals surface area contributed by atoms with Gasteiger partial charge in [0.05, 0.1) is 0 Å². The van der Waals surface area contributed by atoms with Crippen molar-refractivity contribution in [3.63, 3.8) is 0 Å². The van der Waals surface area contributed by atoms with Crippen LogP contribution >= 0.6 is 0 Å². The Hall–Kier alpha value is -0.610. The second-order valence-corrected chi connectivity index (χ2v) is 4.11. The van der Waals surface area contributed by atoms with Gasteiger partial charge in [-0.2, -0.15) is 0 Å². The third-order valence-electron chi connectivity index (χ3n) is 3.15. The van der Waals surface area contributed by atoms with Crippen molar-refractivity contribution in [1.82, 2.24) is 9.80 Å². The molecule has 1 atom stereocenters. The molecular weight excluding hydrogens is 192 g/mol. The average molecular weight is 214 g/mol. The molecule has 1 aliphatic heterocycles. The molecule has 0 saturated carbocycles. The summed E-state index contributed by atoms with van der Waals surface area (Å²) in [6, 6.07) is 0.629. The van der Waals surface area contributed by atoms with E-state index in [1.54, 1.807) is 7.11 Å². The lowest BCUT2D eigenvalue weighted by Gasteiger charge is -2.37. The number of hydrogen-bond acceptors (Lipinski definition) is 3. The van der Waals surface area contributed by atoms with E-state index in [9.17, 15) is 4.79 Å². The minimum Gasteiger partial charge on any atom is -0.375 e. The topological polar surface area (TPSA) is 32.8 Å². The highest BCUT2D eigenvalue weighted by atomic mass is 16.5. The first-order valence-corrected chi connectivity index (χ1v) is 5.69. The number of hydrogen-bond donors (Lipinski definition) is 0. The first-order chi connectivity index (χ1) is 7.19. The van der Waals surface area contributed by atoms with E-state index in [1.807, 2.05) is 4.90 Å². The van der Waals surface area contributed by atoms with Gasteiger partial charge in [0.15, 0.2) is 0 Å². The van der Waals surface area contributed by atoms with E-state index in [0.29, 0.717) is 6.04 Å². The Morgan fingerprint density at radius 2 is 1.93 bits per heavy atom. The van der Waals surface area contributed by atoms with Crippen LogP contribution in [0.2, 0.25) is 0 Å². The molecule has 1 saturated heterocycles. The van der Waals surface area contributed by atoms with Crippen LogP contribution in [0.25, 0.3) is 0 Å². The van der Waals surface area contributed by atoms with Gasteiger partial charge in [-0.3, -0.25) is 9.69 Å². The number of ether oxygens (including phenoxy) is 1. The Morgan fingerprint density at radius 3 is 2.40 bits per heavy atom. The summed E-state index contributed by atoms with van der Waals surface area (Å²) < 4.78 is 4.85. The van der Waals surface area contributed by atoms with Crippen LogP contribution in [0, 0.1) is 0 Å². The molecule has 0 aromatic heterocycles. The Kier molecular flexibility index (Phi) is 5.05. The van der Waals surface area contributed by atoms with Gasteiger partial charge in [-0.25, -0.2) is 0 Å². The van der Waals surface area contributed by atoms with Crippen molar-refractivity contribution in [1.29, 1.82) is 0 Å². The second kappa shape index (κ2) is 6.08. The summed E-state index contributed by atoms with van der Waals surface area (Å²) in [5.41, 5.74) is 0. The van der Waals surface area contributed by atoms with E-state index >= 15 is 0 Å². The Balaban J connectivity index is 2.32. The van der Waals surface area contributed by atoms with Crippen molar-refractivity contribution in [2.24, 2.45) is 0 Å². The van der Waals surface area contributed by atoms with Crippen LogP contribution in [0.4, 0.5) is 0 Å². The molecule has 0 radical (unpaired) electrons. The fraction of sp³-hybridized carbons (Fsp3) is 0.909. The standard InChI is InChI=1S/C11H22N2O2/c1-4-10(2)12-5-7-13(8-6-12)11(14)9-15-3/h10H,4-9H2,1-3H3. The SMILES string of the molecule is CCC(C)N1CCN(C(=O)COC)CC1. The first kappa shape index (κ1) is 12.5. The van der Waals surface area contributed by atoms with Crippen LogP contribution < -0.4 is 0 Å². The molecule has 0 N–H and O–H groups in total. The lowest BCUT2D eigenvalue weighted by molar-refractivity contribution is -0.137. The lowest BCUT2D eigenvalue weighted by Crippen LogP contribution is -2.51. The van der Waals surface area contributed by atoms with Gasteiger partial charge >= 0.3 is 0 Å². The molecule has 1 rings (SSSR count). The molecule has 0 spiro atoms. The zero-order chi connectivity index (χ0) is 11.3. The summed E-state index contributed by atoms with van der Waals surface area (Å²) in [6.07, 6.45) is 1.17. The fourth-order valence-corrected chi connectivity index (χ4v) is 1.89. The first-order valence-electron chi connectivity index (χ1n) is 5.69. The smallest absolute Gasteiger partial charge is 0.248 e. The van der Waals surface area contributed by atoms with Crippen LogP contribution in [0.3, 0.4) is 0 Å². The van der Waals surface area contributed by atoms with Gasteiger partial charge in [-0.05, 0) is 13.3 Å². The van der Waals surface area contributed by atoms with Crippen molar-refractivity contribution >= 4 is 5.91 Å². The summed E-state index contributed by atoms with van der Waals surface area (Å²) >= 11 is 0. The van der Waals surface area contributed by atoms with Gasteiger partial charge in [-0.1, -0.05) is 6.92 Å². The molecular formula is C11H22N2O2. The van der Waals surface area contributed by atoms with Gasteiger partial charge < -0.3 is 9.64 Å². The van der Waals surface area contributed by atoms with Crippen LogP contribution in [-0.4, -0.2) is 61.6 Å². The van der Waals surface area contributed by atoms with Crippen LogP contribution in [0.5, 0.6) is 0 Å². The minimum atomic E-state index is 0.112. The Morgan fingerprint density at radius 1 is 1.33 bits per heavy atom. The highest BCUT2D eigenvalue weighted by molar-refractivity contribution is 5.77. The molecule has 1 fully saturated rings. The minimum absolute atomic E-state index is 0.112. The Labute approximate surface area is 92.2 Å². The van der Waals surface area contributed by atoms with E-state index in [2.05, 4.69) is 18.7 Å². The maximum absolute atomic E-state index is 11.5. The van der Waals surface area contributed by atoms with E-state index in [0.717, 1.165) is 26.2 Å². The second-order valence-electron chi connectivity index (χ2n) is 4.11. The quantitative estimate of drug-likeness (QED) is 0.686. The van der Waals surface area contributed by atoms with Gasteiger partial charge in [0.25, 0.3) is 0 Å². The molecule has 1 aliphatic rings. The Bertz CT molecular complexity index is 201. The largest absolute Gasteiger partial charge is 0.375 e. The van der Waals surface area contributed by atoms with Crippen molar-refractivity contribution in [2.45, 2.75) is 26.3 Å². The average Bonchev–Trinajstić information content (AvgIpc) is 2.28. The van der Waals surface area contributed by atoms with Gasteiger partial charge in [0, 0.05) is 39.3 Å². The summed E-state index contributed by atoms with van der Waals surface area (Å²) in [6.45, 7) is 8.32. The number of carbonyl (C=O) groups excluding carboxylic acids is 1. The third-order valence-corrected chi connectivity index (χ3v) is 3.15. The zero-order valence-corrected chi connectivity index (χ0v) is 10.0. The number of nitrogens with zero attached hydrogens (tertiary/aromatic N) is 2. The molecule has 1 amide bonds. The van der Waals surface area contributed by atoms with Crippen molar-refractivity contribution in [3.05, 3.63) is 0 Å². The van der Waals surface area contributed by atoms with Crippen molar-refractivity contribution in [3.8, 4) is 0 Å². The molecule has 1 heterocycles. The molecule has 0 aromatic rings. The summed E-state index contributed by atoms with van der Waals surface area (Å²) in [5, 5.41) is 0. The lowest BCUT2D eigenvalue weighted by atomic mass is 10.2.